The van der Waals surface area contributed by atoms with Crippen LogP contribution in [0, 0.1) is 5.82 Å². The number of rotatable bonds is 4. The molecule has 0 bridgehead atoms. The van der Waals surface area contributed by atoms with Gasteiger partial charge in [0.15, 0.2) is 0 Å². The number of aromatic nitrogens is 2. The van der Waals surface area contributed by atoms with Gasteiger partial charge in [-0.2, -0.15) is 0 Å². The maximum atomic E-state index is 13.7. The van der Waals surface area contributed by atoms with Gasteiger partial charge in [0.2, 0.25) is 0 Å². The molecule has 3 aromatic rings. The van der Waals surface area contributed by atoms with E-state index >= 15 is 0 Å². The lowest BCUT2D eigenvalue weighted by molar-refractivity contribution is 0.591. The van der Waals surface area contributed by atoms with Crippen LogP contribution in [0.4, 0.5) is 10.1 Å². The van der Waals surface area contributed by atoms with Crippen LogP contribution in [0.2, 0.25) is 0 Å². The first-order valence-corrected chi connectivity index (χ1v) is 7.17. The molecule has 0 atom stereocenters. The fourth-order valence-electron chi connectivity index (χ4n) is 2.65. The van der Waals surface area contributed by atoms with Crippen molar-refractivity contribution in [2.45, 2.75) is 26.3 Å². The van der Waals surface area contributed by atoms with Gasteiger partial charge in [-0.15, -0.1) is 0 Å². The van der Waals surface area contributed by atoms with Crippen molar-refractivity contribution in [1.29, 1.82) is 0 Å². The molecule has 1 aromatic heterocycles. The molecular formula is C17H18FN3. The van der Waals surface area contributed by atoms with Crippen LogP contribution in [-0.4, -0.2) is 9.55 Å². The van der Waals surface area contributed by atoms with Gasteiger partial charge >= 0.3 is 0 Å². The topological polar surface area (TPSA) is 43.8 Å². The van der Waals surface area contributed by atoms with Crippen LogP contribution in [0.5, 0.6) is 0 Å². The zero-order valence-corrected chi connectivity index (χ0v) is 12.0. The molecule has 108 valence electrons. The van der Waals surface area contributed by atoms with Crippen molar-refractivity contribution < 1.29 is 4.39 Å². The van der Waals surface area contributed by atoms with Crippen LogP contribution in [0.1, 0.15) is 18.3 Å². The molecule has 2 N–H and O–H groups in total. The summed E-state index contributed by atoms with van der Waals surface area (Å²) in [5.74, 6) is 0.858. The zero-order chi connectivity index (χ0) is 14.8. The number of anilines is 1. The molecule has 0 unspecified atom stereocenters. The third-order valence-corrected chi connectivity index (χ3v) is 3.73. The highest BCUT2D eigenvalue weighted by atomic mass is 19.1. The van der Waals surface area contributed by atoms with Crippen molar-refractivity contribution in [2.24, 2.45) is 0 Å². The van der Waals surface area contributed by atoms with E-state index in [4.69, 9.17) is 5.73 Å². The van der Waals surface area contributed by atoms with Crippen LogP contribution in [0.25, 0.3) is 11.0 Å². The Balaban J connectivity index is 1.94. The summed E-state index contributed by atoms with van der Waals surface area (Å²) in [6, 6.07) is 12.7. The SMILES string of the molecule is CCc1nc2cc(N)ccc2n1CCc1ccccc1F. The van der Waals surface area contributed by atoms with E-state index in [0.29, 0.717) is 18.7 Å². The van der Waals surface area contributed by atoms with E-state index in [-0.39, 0.29) is 5.82 Å². The summed E-state index contributed by atoms with van der Waals surface area (Å²) in [6.45, 7) is 2.79. The summed E-state index contributed by atoms with van der Waals surface area (Å²) < 4.78 is 15.9. The minimum absolute atomic E-state index is 0.149. The number of nitrogens with zero attached hydrogens (tertiary/aromatic N) is 2. The van der Waals surface area contributed by atoms with Crippen LogP contribution in [0.15, 0.2) is 42.5 Å². The standard InChI is InChI=1S/C17H18FN3/c1-2-17-20-15-11-13(19)7-8-16(15)21(17)10-9-12-5-3-4-6-14(12)18/h3-8,11H,2,9-10,19H2,1H3. The van der Waals surface area contributed by atoms with Crippen LogP contribution in [0.3, 0.4) is 0 Å². The van der Waals surface area contributed by atoms with E-state index < -0.39 is 0 Å². The maximum Gasteiger partial charge on any atom is 0.126 e. The predicted octanol–water partition coefficient (Wildman–Crippen LogP) is 3.56. The van der Waals surface area contributed by atoms with Gasteiger partial charge in [-0.05, 0) is 36.2 Å². The first-order chi connectivity index (χ1) is 10.2. The smallest absolute Gasteiger partial charge is 0.126 e. The van der Waals surface area contributed by atoms with Gasteiger partial charge in [-0.25, -0.2) is 9.37 Å². The number of benzene rings is 2. The fraction of sp³-hybridized carbons (Fsp3) is 0.235. The van der Waals surface area contributed by atoms with E-state index in [1.54, 1.807) is 6.07 Å². The van der Waals surface area contributed by atoms with Crippen molar-refractivity contribution >= 4 is 16.7 Å². The van der Waals surface area contributed by atoms with Gasteiger partial charge in [0.1, 0.15) is 11.6 Å². The Morgan fingerprint density at radius 1 is 1.19 bits per heavy atom. The lowest BCUT2D eigenvalue weighted by atomic mass is 10.1. The molecule has 0 fully saturated rings. The highest BCUT2D eigenvalue weighted by Gasteiger charge is 2.10. The Kier molecular flexibility index (Phi) is 3.60. The second-order valence-corrected chi connectivity index (χ2v) is 5.12. The normalized spacial score (nSPS) is 11.1. The average Bonchev–Trinajstić information content (AvgIpc) is 2.83. The molecule has 0 aliphatic heterocycles. The summed E-state index contributed by atoms with van der Waals surface area (Å²) in [5, 5.41) is 0. The number of hydrogen-bond donors (Lipinski definition) is 1. The summed E-state index contributed by atoms with van der Waals surface area (Å²) in [5.41, 5.74) is 9.21. The van der Waals surface area contributed by atoms with Crippen molar-refractivity contribution in [3.05, 3.63) is 59.7 Å². The molecule has 2 aromatic carbocycles. The highest BCUT2D eigenvalue weighted by Crippen LogP contribution is 2.20. The van der Waals surface area contributed by atoms with E-state index in [1.807, 2.05) is 30.3 Å². The van der Waals surface area contributed by atoms with Crippen LogP contribution in [-0.2, 0) is 19.4 Å². The van der Waals surface area contributed by atoms with Crippen molar-refractivity contribution in [3.8, 4) is 0 Å². The van der Waals surface area contributed by atoms with E-state index in [9.17, 15) is 4.39 Å². The number of nitrogens with two attached hydrogens (primary N) is 1. The lowest BCUT2D eigenvalue weighted by Gasteiger charge is -2.09. The minimum Gasteiger partial charge on any atom is -0.399 e. The van der Waals surface area contributed by atoms with Gasteiger partial charge in [0.25, 0.3) is 0 Å². The summed E-state index contributed by atoms with van der Waals surface area (Å²) >= 11 is 0. The van der Waals surface area contributed by atoms with Crippen LogP contribution >= 0.6 is 0 Å². The van der Waals surface area contributed by atoms with Gasteiger partial charge in [0.05, 0.1) is 11.0 Å². The summed E-state index contributed by atoms with van der Waals surface area (Å²) in [7, 11) is 0. The highest BCUT2D eigenvalue weighted by molar-refractivity contribution is 5.79. The zero-order valence-electron chi connectivity index (χ0n) is 12.0. The van der Waals surface area contributed by atoms with Crippen molar-refractivity contribution in [3.63, 3.8) is 0 Å². The quantitative estimate of drug-likeness (QED) is 0.744. The van der Waals surface area contributed by atoms with Gasteiger partial charge in [-0.1, -0.05) is 25.1 Å². The second kappa shape index (κ2) is 5.56. The number of aryl methyl sites for hydroxylation is 3. The van der Waals surface area contributed by atoms with E-state index in [2.05, 4.69) is 16.5 Å². The Morgan fingerprint density at radius 2 is 2.00 bits per heavy atom. The summed E-state index contributed by atoms with van der Waals surface area (Å²) in [4.78, 5) is 4.62. The Labute approximate surface area is 123 Å². The first-order valence-electron chi connectivity index (χ1n) is 7.17. The molecule has 1 heterocycles. The Morgan fingerprint density at radius 3 is 2.76 bits per heavy atom. The number of fused-ring (bicyclic) bond motifs is 1. The molecule has 0 aliphatic rings. The average molecular weight is 283 g/mol. The van der Waals surface area contributed by atoms with Crippen LogP contribution < -0.4 is 5.73 Å². The molecular weight excluding hydrogens is 265 g/mol. The molecule has 0 radical (unpaired) electrons. The number of halogens is 1. The molecule has 4 heteroatoms. The van der Waals surface area contributed by atoms with Gasteiger partial charge in [-0.3, -0.25) is 0 Å². The Hall–Kier alpha value is -2.36. The van der Waals surface area contributed by atoms with E-state index in [0.717, 1.165) is 28.8 Å². The molecule has 3 nitrogen and oxygen atoms in total. The Bertz CT molecular complexity index is 777. The minimum atomic E-state index is -0.149. The number of imidazole rings is 1. The van der Waals surface area contributed by atoms with Gasteiger partial charge in [0, 0.05) is 18.7 Å². The molecule has 0 saturated carbocycles. The monoisotopic (exact) mass is 283 g/mol. The molecule has 3 rings (SSSR count). The first kappa shape index (κ1) is 13.6. The van der Waals surface area contributed by atoms with Crippen molar-refractivity contribution in [1.82, 2.24) is 9.55 Å². The summed E-state index contributed by atoms with van der Waals surface area (Å²) in [6.07, 6.45) is 1.49. The lowest BCUT2D eigenvalue weighted by Crippen LogP contribution is -2.06. The molecule has 0 amide bonds. The van der Waals surface area contributed by atoms with Crippen molar-refractivity contribution in [2.75, 3.05) is 5.73 Å². The third-order valence-electron chi connectivity index (χ3n) is 3.73. The number of hydrogen-bond acceptors (Lipinski definition) is 2. The predicted molar refractivity (Wildman–Crippen MR) is 83.6 cm³/mol. The van der Waals surface area contributed by atoms with Gasteiger partial charge < -0.3 is 10.3 Å². The molecule has 0 aliphatic carbocycles. The maximum absolute atomic E-state index is 13.7. The number of nitrogen functional groups attached to an aromatic ring is 1. The second-order valence-electron chi connectivity index (χ2n) is 5.12. The fourth-order valence-corrected chi connectivity index (χ4v) is 2.65. The molecule has 21 heavy (non-hydrogen) atoms. The van der Waals surface area contributed by atoms with E-state index in [1.165, 1.54) is 6.07 Å². The third kappa shape index (κ3) is 2.61. The largest absolute Gasteiger partial charge is 0.399 e. The molecule has 0 saturated heterocycles. The molecule has 0 spiro atoms.